The number of alkyl carbamates (subject to hydrolysis) is 1. The molecule has 6 rings (SSSR count). The van der Waals surface area contributed by atoms with Gasteiger partial charge in [0.1, 0.15) is 58.1 Å². The number of likely N-dealkylation sites (tertiary alicyclic amines) is 1. The summed E-state index contributed by atoms with van der Waals surface area (Å²) in [5.41, 5.74) is 7.02. The monoisotopic (exact) mass is 699 g/mol. The van der Waals surface area contributed by atoms with E-state index in [-0.39, 0.29) is 19.1 Å². The Morgan fingerprint density at radius 3 is 2.48 bits per heavy atom. The second-order valence-electron chi connectivity index (χ2n) is 14.0. The van der Waals surface area contributed by atoms with Crippen LogP contribution < -0.4 is 20.5 Å². The highest BCUT2D eigenvalue weighted by Crippen LogP contribution is 2.52. The Balaban J connectivity index is 1.25. The lowest BCUT2D eigenvalue weighted by molar-refractivity contribution is -0.141. The number of carbonyl (C=O) groups excluding carboxylic acids is 3. The Hall–Kier alpha value is -3.68. The van der Waals surface area contributed by atoms with Gasteiger partial charge < -0.3 is 34.9 Å². The summed E-state index contributed by atoms with van der Waals surface area (Å²) in [5, 5.41) is 6.34. The molecule has 3 aromatic rings. The van der Waals surface area contributed by atoms with E-state index in [2.05, 4.69) is 10.3 Å². The first kappa shape index (κ1) is 34.2. The molecule has 48 heavy (non-hydrogen) atoms. The van der Waals surface area contributed by atoms with Crippen LogP contribution in [0.1, 0.15) is 52.1 Å². The Bertz CT molecular complexity index is 1700. The zero-order valence-electron chi connectivity index (χ0n) is 27.8. The van der Waals surface area contributed by atoms with Crippen LogP contribution in [-0.4, -0.2) is 83.9 Å². The molecule has 2 saturated carbocycles. The molecule has 3 amide bonds. The lowest BCUT2D eigenvalue weighted by Crippen LogP contribution is -2.57. The maximum absolute atomic E-state index is 14.1. The minimum atomic E-state index is -0.960. The summed E-state index contributed by atoms with van der Waals surface area (Å²) in [5.74, 6) is 1.11. The van der Waals surface area contributed by atoms with Crippen molar-refractivity contribution in [1.29, 1.82) is 0 Å². The van der Waals surface area contributed by atoms with Gasteiger partial charge in [-0.25, -0.2) is 14.8 Å². The number of carbonyl (C=O) groups is 3. The van der Waals surface area contributed by atoms with Crippen LogP contribution in [0.25, 0.3) is 21.6 Å². The molecule has 1 aromatic carbocycles. The van der Waals surface area contributed by atoms with E-state index >= 15 is 0 Å². The lowest BCUT2D eigenvalue weighted by atomic mass is 9.85. The summed E-state index contributed by atoms with van der Waals surface area (Å²) < 4.78 is 23.2. The number of pyridine rings is 1. The van der Waals surface area contributed by atoms with Crippen LogP contribution in [0.4, 0.5) is 4.79 Å². The molecule has 3 fully saturated rings. The molecule has 0 radical (unpaired) electrons. The van der Waals surface area contributed by atoms with Crippen LogP contribution in [-0.2, 0) is 19.1 Å². The molecule has 3 heterocycles. The van der Waals surface area contributed by atoms with Gasteiger partial charge in [0.2, 0.25) is 11.8 Å². The maximum Gasteiger partial charge on any atom is 0.408 e. The standard InChI is InChI=1S/C34H42ClN5O7S/c1-17-16-48-31(37-17)23-14-26(22-6-7-25(45-9-8-44-5)27(35)28(22)38-23)46-21-13-24(30(36)41)40(15-21)32(42)29(34(2,3)4)39-33(43)47-20-11-18-10-19(18)12-20/h6-7,14,16,18-21,24,29H,8-13,15H2,1-5H3,(H2,36,41)(H,39,43)/t18-,19+,20?,21?,24-,29+/m0/s1. The van der Waals surface area contributed by atoms with E-state index in [4.69, 9.17) is 41.3 Å². The van der Waals surface area contributed by atoms with Crippen LogP contribution >= 0.6 is 22.9 Å². The van der Waals surface area contributed by atoms with Crippen LogP contribution in [0, 0.1) is 24.2 Å². The van der Waals surface area contributed by atoms with E-state index in [9.17, 15) is 14.4 Å². The Morgan fingerprint density at radius 1 is 1.08 bits per heavy atom. The van der Waals surface area contributed by atoms with Crippen molar-refractivity contribution in [2.75, 3.05) is 26.9 Å². The number of fused-ring (bicyclic) bond motifs is 2. The zero-order chi connectivity index (χ0) is 34.3. The SMILES string of the molecule is COCCOc1ccc2c(OC3C[C@@H](C(N)=O)N(C(=O)[C@@H](NC(=O)OC4C[C@@H]5C[C@@H]5C4)C(C)(C)C)C3)cc(-c3nc(C)cs3)nc2c1Cl. The number of methoxy groups -OCH3 is 1. The van der Waals surface area contributed by atoms with E-state index in [1.807, 2.05) is 39.1 Å². The number of aromatic nitrogens is 2. The number of ether oxygens (including phenoxy) is 4. The molecular weight excluding hydrogens is 658 g/mol. The number of halogens is 1. The van der Waals surface area contributed by atoms with E-state index in [0.29, 0.717) is 63.2 Å². The van der Waals surface area contributed by atoms with Crippen LogP contribution in [0.2, 0.25) is 5.02 Å². The van der Waals surface area contributed by atoms with Crippen molar-refractivity contribution in [2.45, 2.75) is 77.7 Å². The summed E-state index contributed by atoms with van der Waals surface area (Å²) in [7, 11) is 1.59. The molecule has 0 bridgehead atoms. The van der Waals surface area contributed by atoms with Gasteiger partial charge in [-0.2, -0.15) is 0 Å². The fourth-order valence-corrected chi connectivity index (χ4v) is 7.70. The van der Waals surface area contributed by atoms with Crippen molar-refractivity contribution in [3.05, 3.63) is 34.3 Å². The number of hydrogen-bond donors (Lipinski definition) is 2. The molecule has 1 aliphatic heterocycles. The van der Waals surface area contributed by atoms with Crippen molar-refractivity contribution < 1.29 is 33.3 Å². The average Bonchev–Trinajstić information content (AvgIpc) is 3.35. The topological polar surface area (TPSA) is 155 Å². The molecule has 0 spiro atoms. The summed E-state index contributed by atoms with van der Waals surface area (Å²) in [4.78, 5) is 50.6. The first-order chi connectivity index (χ1) is 22.8. The number of nitrogens with one attached hydrogen (secondary N) is 1. The first-order valence-electron chi connectivity index (χ1n) is 16.2. The second-order valence-corrected chi connectivity index (χ2v) is 15.2. The number of hydrogen-bond acceptors (Lipinski definition) is 10. The molecule has 3 aliphatic rings. The highest BCUT2D eigenvalue weighted by Gasteiger charge is 2.48. The fraction of sp³-hybridized carbons (Fsp3) is 0.559. The van der Waals surface area contributed by atoms with Crippen molar-refractivity contribution in [2.24, 2.45) is 23.0 Å². The summed E-state index contributed by atoms with van der Waals surface area (Å²) in [6, 6.07) is 3.44. The number of benzene rings is 1. The average molecular weight is 700 g/mol. The number of thiazole rings is 1. The van der Waals surface area contributed by atoms with Gasteiger partial charge in [-0.15, -0.1) is 11.3 Å². The molecule has 3 N–H and O–H groups in total. The third-order valence-electron chi connectivity index (χ3n) is 9.25. The van der Waals surface area contributed by atoms with Crippen molar-refractivity contribution >= 4 is 51.7 Å². The molecule has 12 nitrogen and oxygen atoms in total. The van der Waals surface area contributed by atoms with Crippen LogP contribution in [0.5, 0.6) is 11.5 Å². The molecule has 14 heteroatoms. The van der Waals surface area contributed by atoms with Gasteiger partial charge in [0, 0.05) is 36.1 Å². The fourth-order valence-electron chi connectivity index (χ4n) is 6.68. The molecular formula is C34H42ClN5O7S. The predicted molar refractivity (Wildman–Crippen MR) is 181 cm³/mol. The normalized spacial score (nSPS) is 23.9. The molecule has 2 aliphatic carbocycles. The number of nitrogens with zero attached hydrogens (tertiary/aromatic N) is 3. The number of nitrogens with two attached hydrogens (primary N) is 1. The smallest absolute Gasteiger partial charge is 0.408 e. The van der Waals surface area contributed by atoms with Crippen molar-refractivity contribution in [3.63, 3.8) is 0 Å². The zero-order valence-corrected chi connectivity index (χ0v) is 29.4. The number of amides is 3. The highest BCUT2D eigenvalue weighted by molar-refractivity contribution is 7.13. The van der Waals surface area contributed by atoms with Gasteiger partial charge in [-0.05, 0) is 55.6 Å². The predicted octanol–water partition coefficient (Wildman–Crippen LogP) is 5.12. The van der Waals surface area contributed by atoms with Gasteiger partial charge in [0.05, 0.1) is 18.7 Å². The van der Waals surface area contributed by atoms with Gasteiger partial charge in [0.25, 0.3) is 0 Å². The van der Waals surface area contributed by atoms with E-state index in [0.717, 1.165) is 18.5 Å². The van der Waals surface area contributed by atoms with E-state index in [1.165, 1.54) is 22.7 Å². The van der Waals surface area contributed by atoms with Crippen LogP contribution in [0.3, 0.4) is 0 Å². The Kier molecular flexibility index (Phi) is 9.74. The highest BCUT2D eigenvalue weighted by atomic mass is 35.5. The molecule has 2 unspecified atom stereocenters. The number of primary amides is 1. The van der Waals surface area contributed by atoms with E-state index < -0.39 is 41.5 Å². The molecule has 258 valence electrons. The molecule has 6 atom stereocenters. The van der Waals surface area contributed by atoms with Crippen LogP contribution in [0.15, 0.2) is 23.6 Å². The summed E-state index contributed by atoms with van der Waals surface area (Å²) in [6.45, 7) is 8.23. The first-order valence-corrected chi connectivity index (χ1v) is 17.5. The number of aryl methyl sites for hydroxylation is 1. The third kappa shape index (κ3) is 7.32. The third-order valence-corrected chi connectivity index (χ3v) is 10.6. The summed E-state index contributed by atoms with van der Waals surface area (Å²) in [6.07, 6.45) is 1.72. The quantitative estimate of drug-likeness (QED) is 0.260. The Morgan fingerprint density at radius 2 is 1.83 bits per heavy atom. The number of rotatable bonds is 11. The largest absolute Gasteiger partial charge is 0.490 e. The summed E-state index contributed by atoms with van der Waals surface area (Å²) >= 11 is 8.27. The van der Waals surface area contributed by atoms with Gasteiger partial charge >= 0.3 is 6.09 Å². The van der Waals surface area contributed by atoms with Gasteiger partial charge in [-0.3, -0.25) is 9.59 Å². The maximum atomic E-state index is 14.1. The minimum Gasteiger partial charge on any atom is -0.490 e. The molecule has 1 saturated heterocycles. The second kappa shape index (κ2) is 13.7. The Labute approximate surface area is 288 Å². The lowest BCUT2D eigenvalue weighted by Gasteiger charge is -2.35. The molecule has 2 aromatic heterocycles. The van der Waals surface area contributed by atoms with Gasteiger partial charge in [0.15, 0.2) is 0 Å². The van der Waals surface area contributed by atoms with Crippen molar-refractivity contribution in [1.82, 2.24) is 20.2 Å². The van der Waals surface area contributed by atoms with E-state index in [1.54, 1.807) is 19.2 Å². The minimum absolute atomic E-state index is 0.0726. The van der Waals surface area contributed by atoms with Gasteiger partial charge in [-0.1, -0.05) is 32.4 Å². The van der Waals surface area contributed by atoms with Crippen molar-refractivity contribution in [3.8, 4) is 22.2 Å².